The highest BCUT2D eigenvalue weighted by molar-refractivity contribution is 7.10. The summed E-state index contributed by atoms with van der Waals surface area (Å²) in [5.41, 5.74) is 3.53. The highest BCUT2D eigenvalue weighted by Crippen LogP contribution is 2.38. The Hall–Kier alpha value is -2.96. The summed E-state index contributed by atoms with van der Waals surface area (Å²) in [7, 11) is 0. The van der Waals surface area contributed by atoms with E-state index in [1.54, 1.807) is 0 Å². The topological polar surface area (TPSA) is 51.4 Å². The highest BCUT2D eigenvalue weighted by Gasteiger charge is 2.30. The van der Waals surface area contributed by atoms with Crippen molar-refractivity contribution in [3.63, 3.8) is 0 Å². The van der Waals surface area contributed by atoms with E-state index in [4.69, 9.17) is 14.2 Å². The van der Waals surface area contributed by atoms with Crippen LogP contribution in [0.25, 0.3) is 11.4 Å². The van der Waals surface area contributed by atoms with Gasteiger partial charge in [-0.1, -0.05) is 47.6 Å². The molecule has 152 valence electrons. The van der Waals surface area contributed by atoms with Crippen LogP contribution in [0.1, 0.15) is 34.9 Å². The fourth-order valence-corrected chi connectivity index (χ4v) is 5.00. The zero-order valence-electron chi connectivity index (χ0n) is 16.8. The number of hydrogen-bond acceptors (Lipinski definition) is 6. The van der Waals surface area contributed by atoms with Crippen molar-refractivity contribution < 1.29 is 9.26 Å². The van der Waals surface area contributed by atoms with E-state index in [1.807, 2.05) is 42.5 Å². The average molecular weight is 418 g/mol. The summed E-state index contributed by atoms with van der Waals surface area (Å²) in [4.78, 5) is 8.59. The van der Waals surface area contributed by atoms with E-state index >= 15 is 0 Å². The monoisotopic (exact) mass is 417 g/mol. The maximum absolute atomic E-state index is 5.72. The van der Waals surface area contributed by atoms with Crippen LogP contribution in [-0.2, 0) is 13.0 Å². The van der Waals surface area contributed by atoms with Gasteiger partial charge >= 0.3 is 0 Å². The van der Waals surface area contributed by atoms with Gasteiger partial charge in [0.2, 0.25) is 11.7 Å². The molecule has 6 heteroatoms. The predicted molar refractivity (Wildman–Crippen MR) is 118 cm³/mol. The fourth-order valence-electron chi connectivity index (χ4n) is 4.10. The maximum atomic E-state index is 5.72. The van der Waals surface area contributed by atoms with Gasteiger partial charge in [-0.25, -0.2) is 0 Å². The van der Waals surface area contributed by atoms with Gasteiger partial charge < -0.3 is 9.26 Å². The van der Waals surface area contributed by atoms with E-state index in [9.17, 15) is 0 Å². The van der Waals surface area contributed by atoms with Crippen LogP contribution in [-0.4, -0.2) is 28.2 Å². The lowest BCUT2D eigenvalue weighted by Gasteiger charge is -2.35. The van der Waals surface area contributed by atoms with Crippen molar-refractivity contribution in [2.45, 2.75) is 25.9 Å². The Labute approximate surface area is 179 Å². The summed E-state index contributed by atoms with van der Waals surface area (Å²) in [6.07, 6.45) is 1.05. The van der Waals surface area contributed by atoms with Crippen LogP contribution in [0.4, 0.5) is 0 Å². The van der Waals surface area contributed by atoms with Gasteiger partial charge in [0.05, 0.1) is 24.8 Å². The molecule has 0 aliphatic carbocycles. The molecule has 3 heterocycles. The number of para-hydroxylation sites is 1. The molecule has 2 aromatic heterocycles. The number of aromatic nitrogens is 2. The van der Waals surface area contributed by atoms with E-state index in [2.05, 4.69) is 51.8 Å². The Morgan fingerprint density at radius 1 is 1.10 bits per heavy atom. The summed E-state index contributed by atoms with van der Waals surface area (Å²) >= 11 is 1.85. The fraction of sp³-hybridized carbons (Fsp3) is 0.250. The molecule has 4 aromatic rings. The van der Waals surface area contributed by atoms with Crippen molar-refractivity contribution in [2.75, 3.05) is 13.2 Å². The van der Waals surface area contributed by atoms with Crippen molar-refractivity contribution >= 4 is 11.3 Å². The number of nitrogens with zero attached hydrogens (tertiary/aromatic N) is 3. The molecule has 0 radical (unpaired) electrons. The molecule has 0 bridgehead atoms. The van der Waals surface area contributed by atoms with Gasteiger partial charge in [0.15, 0.2) is 0 Å². The lowest BCUT2D eigenvalue weighted by Crippen LogP contribution is -2.35. The third-order valence-corrected chi connectivity index (χ3v) is 6.41. The van der Waals surface area contributed by atoms with Crippen molar-refractivity contribution in [3.8, 4) is 17.1 Å². The van der Waals surface area contributed by atoms with E-state index < -0.39 is 0 Å². The quantitative estimate of drug-likeness (QED) is 0.424. The third kappa shape index (κ3) is 3.64. The van der Waals surface area contributed by atoms with Gasteiger partial charge in [0.1, 0.15) is 5.75 Å². The third-order valence-electron chi connectivity index (χ3n) is 5.42. The molecule has 5 nitrogen and oxygen atoms in total. The first-order valence-electron chi connectivity index (χ1n) is 10.2. The van der Waals surface area contributed by atoms with Gasteiger partial charge in [0, 0.05) is 11.4 Å². The molecular weight excluding hydrogens is 394 g/mol. The van der Waals surface area contributed by atoms with Crippen molar-refractivity contribution in [2.24, 2.45) is 0 Å². The van der Waals surface area contributed by atoms with E-state index in [1.165, 1.54) is 16.0 Å². The first-order chi connectivity index (χ1) is 14.8. The molecule has 0 amide bonds. The molecule has 0 saturated carbocycles. The van der Waals surface area contributed by atoms with E-state index in [-0.39, 0.29) is 6.04 Å². The number of thiophene rings is 1. The van der Waals surface area contributed by atoms with Crippen molar-refractivity contribution in [1.82, 2.24) is 15.0 Å². The zero-order chi connectivity index (χ0) is 20.3. The molecule has 0 N–H and O–H groups in total. The normalized spacial score (nSPS) is 16.4. The number of ether oxygens (including phenoxy) is 1. The summed E-state index contributed by atoms with van der Waals surface area (Å²) in [5.74, 6) is 1.96. The van der Waals surface area contributed by atoms with E-state index in [0.717, 1.165) is 24.3 Å². The lowest BCUT2D eigenvalue weighted by molar-refractivity contribution is 0.179. The van der Waals surface area contributed by atoms with Crippen LogP contribution >= 0.6 is 11.3 Å². The van der Waals surface area contributed by atoms with Gasteiger partial charge in [-0.15, -0.1) is 11.3 Å². The first kappa shape index (κ1) is 19.0. The molecule has 0 saturated heterocycles. The smallest absolute Gasteiger partial charge is 0.241 e. The Bertz CT molecular complexity index is 1120. The predicted octanol–water partition coefficient (Wildman–Crippen LogP) is 5.34. The standard InChI is InChI=1S/C24H23N3O2S/c1-2-28-20-11-7-6-10-18(20)24-25-22(29-26-24)16-27-14-12-21-19(13-15-30-21)23(27)17-8-4-3-5-9-17/h3-11,13,15,23H,2,12,14,16H2,1H3. The molecule has 1 aliphatic heterocycles. The second-order valence-electron chi connectivity index (χ2n) is 7.27. The van der Waals surface area contributed by atoms with Gasteiger partial charge in [-0.3, -0.25) is 4.90 Å². The molecule has 0 spiro atoms. The number of fused-ring (bicyclic) bond motifs is 1. The van der Waals surface area contributed by atoms with Gasteiger partial charge in [-0.05, 0) is 48.1 Å². The first-order valence-corrected chi connectivity index (χ1v) is 11.1. The second-order valence-corrected chi connectivity index (χ2v) is 8.27. The van der Waals surface area contributed by atoms with Crippen molar-refractivity contribution in [3.05, 3.63) is 87.9 Å². The second kappa shape index (κ2) is 8.42. The van der Waals surface area contributed by atoms with Crippen LogP contribution in [0.2, 0.25) is 0 Å². The molecule has 1 aliphatic rings. The SMILES string of the molecule is CCOc1ccccc1-c1noc(CN2CCc3sccc3C2c2ccccc2)n1. The summed E-state index contributed by atoms with van der Waals surface area (Å²) in [5, 5.41) is 6.43. The Morgan fingerprint density at radius 2 is 1.93 bits per heavy atom. The Kier molecular flexibility index (Phi) is 5.34. The summed E-state index contributed by atoms with van der Waals surface area (Å²) in [6, 6.07) is 20.9. The van der Waals surface area contributed by atoms with Crippen LogP contribution in [0.15, 0.2) is 70.6 Å². The minimum atomic E-state index is 0.201. The van der Waals surface area contributed by atoms with E-state index in [0.29, 0.717) is 24.9 Å². The number of rotatable bonds is 6. The molecule has 5 rings (SSSR count). The average Bonchev–Trinajstić information content (AvgIpc) is 3.44. The molecule has 1 unspecified atom stereocenters. The minimum Gasteiger partial charge on any atom is -0.493 e. The molecule has 0 fully saturated rings. The molecule has 2 aromatic carbocycles. The molecular formula is C24H23N3O2S. The zero-order valence-corrected chi connectivity index (χ0v) is 17.6. The Balaban J connectivity index is 1.43. The Morgan fingerprint density at radius 3 is 2.80 bits per heavy atom. The molecule has 30 heavy (non-hydrogen) atoms. The minimum absolute atomic E-state index is 0.201. The lowest BCUT2D eigenvalue weighted by atomic mass is 9.93. The van der Waals surface area contributed by atoms with Crippen LogP contribution in [0.5, 0.6) is 5.75 Å². The summed E-state index contributed by atoms with van der Waals surface area (Å²) < 4.78 is 11.4. The molecule has 1 atom stereocenters. The van der Waals surface area contributed by atoms with Crippen LogP contribution < -0.4 is 4.74 Å². The maximum Gasteiger partial charge on any atom is 0.241 e. The number of hydrogen-bond donors (Lipinski definition) is 0. The van der Waals surface area contributed by atoms with Crippen LogP contribution in [0.3, 0.4) is 0 Å². The number of benzene rings is 2. The van der Waals surface area contributed by atoms with Crippen molar-refractivity contribution in [1.29, 1.82) is 0 Å². The largest absolute Gasteiger partial charge is 0.493 e. The van der Waals surface area contributed by atoms with Gasteiger partial charge in [0.25, 0.3) is 0 Å². The van der Waals surface area contributed by atoms with Crippen LogP contribution in [0, 0.1) is 0 Å². The summed E-state index contributed by atoms with van der Waals surface area (Å²) in [6.45, 7) is 4.13. The van der Waals surface area contributed by atoms with Gasteiger partial charge in [-0.2, -0.15) is 4.98 Å². The highest BCUT2D eigenvalue weighted by atomic mass is 32.1.